The van der Waals surface area contributed by atoms with Crippen LogP contribution in [0.3, 0.4) is 0 Å². The molecule has 0 aromatic heterocycles. The van der Waals surface area contributed by atoms with E-state index in [1.807, 2.05) is 0 Å². The molecule has 13 heavy (non-hydrogen) atoms. The molecular formula is C13H20. The first-order valence-corrected chi connectivity index (χ1v) is 5.80. The minimum absolute atomic E-state index is 0.905. The van der Waals surface area contributed by atoms with Crippen LogP contribution in [0, 0.1) is 11.8 Å². The van der Waals surface area contributed by atoms with E-state index >= 15 is 0 Å². The minimum Gasteiger partial charge on any atom is -0.0845 e. The van der Waals surface area contributed by atoms with Gasteiger partial charge < -0.3 is 0 Å². The lowest BCUT2D eigenvalue weighted by molar-refractivity contribution is 0.407. The number of hydrogen-bond donors (Lipinski definition) is 0. The smallest absolute Gasteiger partial charge is 0.0202 e. The molecule has 1 saturated carbocycles. The Morgan fingerprint density at radius 3 is 2.77 bits per heavy atom. The molecule has 0 bridgehead atoms. The molecule has 0 N–H and O–H groups in total. The third-order valence-corrected chi connectivity index (χ3v) is 3.52. The van der Waals surface area contributed by atoms with Crippen LogP contribution >= 0.6 is 0 Å². The summed E-state index contributed by atoms with van der Waals surface area (Å²) < 4.78 is 0. The second-order valence-electron chi connectivity index (χ2n) is 4.45. The predicted molar refractivity (Wildman–Crippen MR) is 57.6 cm³/mol. The van der Waals surface area contributed by atoms with Crippen LogP contribution in [0.4, 0.5) is 0 Å². The molecule has 72 valence electrons. The Morgan fingerprint density at radius 2 is 1.77 bits per heavy atom. The first-order valence-electron chi connectivity index (χ1n) is 5.80. The first-order chi connectivity index (χ1) is 6.47. The van der Waals surface area contributed by atoms with Gasteiger partial charge >= 0.3 is 0 Å². The fourth-order valence-corrected chi connectivity index (χ4v) is 2.73. The molecule has 2 aliphatic carbocycles. The number of hydrogen-bond acceptors (Lipinski definition) is 0. The minimum atomic E-state index is 0.905. The quantitative estimate of drug-likeness (QED) is 0.521. The van der Waals surface area contributed by atoms with Gasteiger partial charge in [0.2, 0.25) is 0 Å². The van der Waals surface area contributed by atoms with Crippen LogP contribution in [-0.2, 0) is 0 Å². The molecule has 1 fully saturated rings. The third-order valence-electron chi connectivity index (χ3n) is 3.52. The van der Waals surface area contributed by atoms with Crippen LogP contribution in [0.25, 0.3) is 0 Å². The summed E-state index contributed by atoms with van der Waals surface area (Å²) in [4.78, 5) is 0. The van der Waals surface area contributed by atoms with Crippen molar-refractivity contribution in [3.8, 4) is 0 Å². The van der Waals surface area contributed by atoms with Gasteiger partial charge in [0, 0.05) is 0 Å². The van der Waals surface area contributed by atoms with E-state index in [0.717, 1.165) is 11.8 Å². The van der Waals surface area contributed by atoms with Crippen molar-refractivity contribution in [1.82, 2.24) is 0 Å². The van der Waals surface area contributed by atoms with Crippen molar-refractivity contribution in [3.63, 3.8) is 0 Å². The maximum Gasteiger partial charge on any atom is -0.0202 e. The summed E-state index contributed by atoms with van der Waals surface area (Å²) in [5.74, 6) is 1.92. The lowest BCUT2D eigenvalue weighted by atomic mass is 9.90. The van der Waals surface area contributed by atoms with Gasteiger partial charge in [-0.2, -0.15) is 0 Å². The zero-order valence-corrected chi connectivity index (χ0v) is 8.41. The Morgan fingerprint density at radius 1 is 0.846 bits per heavy atom. The van der Waals surface area contributed by atoms with Gasteiger partial charge in [-0.1, -0.05) is 37.1 Å². The summed E-state index contributed by atoms with van der Waals surface area (Å²) in [7, 11) is 0. The molecule has 0 aromatic carbocycles. The third kappa shape index (κ3) is 2.46. The van der Waals surface area contributed by atoms with Gasteiger partial charge in [0.05, 0.1) is 0 Å². The highest BCUT2D eigenvalue weighted by Crippen LogP contribution is 2.36. The van der Waals surface area contributed by atoms with Crippen molar-refractivity contribution < 1.29 is 0 Å². The summed E-state index contributed by atoms with van der Waals surface area (Å²) in [6.07, 6.45) is 19.2. The number of fused-ring (bicyclic) bond motifs is 1. The molecule has 2 rings (SSSR count). The molecule has 2 atom stereocenters. The van der Waals surface area contributed by atoms with Crippen LogP contribution in [0.2, 0.25) is 0 Å². The van der Waals surface area contributed by atoms with Crippen molar-refractivity contribution >= 4 is 0 Å². The molecule has 0 heteroatoms. The molecule has 0 saturated heterocycles. The Balaban J connectivity index is 2.00. The lowest BCUT2D eigenvalue weighted by Gasteiger charge is -2.16. The van der Waals surface area contributed by atoms with E-state index in [9.17, 15) is 0 Å². The van der Waals surface area contributed by atoms with Gasteiger partial charge in [-0.3, -0.25) is 0 Å². The van der Waals surface area contributed by atoms with Crippen molar-refractivity contribution in [2.24, 2.45) is 11.8 Å². The predicted octanol–water partition coefficient (Wildman–Crippen LogP) is 4.09. The summed E-state index contributed by atoms with van der Waals surface area (Å²) in [6, 6.07) is 0. The molecule has 0 heterocycles. The zero-order chi connectivity index (χ0) is 8.93. The van der Waals surface area contributed by atoms with Gasteiger partial charge in [-0.15, -0.1) is 0 Å². The number of rotatable bonds is 0. The normalized spacial score (nSPS) is 34.5. The second-order valence-corrected chi connectivity index (χ2v) is 4.45. The molecule has 0 aromatic rings. The highest BCUT2D eigenvalue weighted by molar-refractivity contribution is 5.06. The van der Waals surface area contributed by atoms with Crippen LogP contribution in [-0.4, -0.2) is 0 Å². The average Bonchev–Trinajstić information content (AvgIpc) is 2.59. The standard InChI is InChI=1S/C13H20/c1-2-4-6-9-13-11-7-10-12(13)8-5-3-1/h1,3,5,8,12-13H,2,4,6-7,9-11H2. The van der Waals surface area contributed by atoms with Crippen LogP contribution < -0.4 is 0 Å². The summed E-state index contributed by atoms with van der Waals surface area (Å²) in [5.41, 5.74) is 0. The molecule has 0 nitrogen and oxygen atoms in total. The summed E-state index contributed by atoms with van der Waals surface area (Å²) in [6.45, 7) is 0. The van der Waals surface area contributed by atoms with Crippen molar-refractivity contribution in [1.29, 1.82) is 0 Å². The monoisotopic (exact) mass is 176 g/mol. The van der Waals surface area contributed by atoms with Gasteiger partial charge in [0.15, 0.2) is 0 Å². The van der Waals surface area contributed by atoms with E-state index < -0.39 is 0 Å². The maximum atomic E-state index is 2.44. The Bertz CT molecular complexity index is 200. The highest BCUT2D eigenvalue weighted by atomic mass is 14.3. The first kappa shape index (κ1) is 9.05. The Kier molecular flexibility index (Phi) is 3.23. The topological polar surface area (TPSA) is 0 Å². The van der Waals surface area contributed by atoms with Gasteiger partial charge in [0.25, 0.3) is 0 Å². The maximum absolute atomic E-state index is 2.44. The summed E-state index contributed by atoms with van der Waals surface area (Å²) >= 11 is 0. The van der Waals surface area contributed by atoms with Gasteiger partial charge in [0.1, 0.15) is 0 Å². The Labute approximate surface area is 81.7 Å². The molecule has 0 radical (unpaired) electrons. The van der Waals surface area contributed by atoms with Crippen molar-refractivity contribution in [2.75, 3.05) is 0 Å². The number of allylic oxidation sites excluding steroid dienone is 4. The Hall–Kier alpha value is -0.520. The second kappa shape index (κ2) is 4.64. The molecule has 0 amide bonds. The van der Waals surface area contributed by atoms with Gasteiger partial charge in [-0.05, 0) is 43.9 Å². The fourth-order valence-electron chi connectivity index (χ4n) is 2.73. The van der Waals surface area contributed by atoms with Crippen LogP contribution in [0.5, 0.6) is 0 Å². The highest BCUT2D eigenvalue weighted by Gasteiger charge is 2.24. The van der Waals surface area contributed by atoms with E-state index in [2.05, 4.69) is 24.3 Å². The van der Waals surface area contributed by atoms with Crippen molar-refractivity contribution in [3.05, 3.63) is 24.3 Å². The molecule has 0 spiro atoms. The van der Waals surface area contributed by atoms with E-state index in [1.54, 1.807) is 0 Å². The summed E-state index contributed by atoms with van der Waals surface area (Å²) in [5, 5.41) is 0. The molecule has 0 aliphatic heterocycles. The fraction of sp³-hybridized carbons (Fsp3) is 0.692. The molecular weight excluding hydrogens is 156 g/mol. The van der Waals surface area contributed by atoms with E-state index in [-0.39, 0.29) is 0 Å². The van der Waals surface area contributed by atoms with E-state index in [4.69, 9.17) is 0 Å². The van der Waals surface area contributed by atoms with Crippen LogP contribution in [0.1, 0.15) is 44.9 Å². The van der Waals surface area contributed by atoms with E-state index in [1.165, 1.54) is 44.9 Å². The lowest BCUT2D eigenvalue weighted by Crippen LogP contribution is -2.05. The SMILES string of the molecule is C1=CCCCCC2CCCC2C=C1. The zero-order valence-electron chi connectivity index (χ0n) is 8.41. The van der Waals surface area contributed by atoms with E-state index in [0.29, 0.717) is 0 Å². The average molecular weight is 176 g/mol. The van der Waals surface area contributed by atoms with Crippen LogP contribution in [0.15, 0.2) is 24.3 Å². The van der Waals surface area contributed by atoms with Crippen molar-refractivity contribution in [2.45, 2.75) is 44.9 Å². The largest absolute Gasteiger partial charge is 0.0845 e. The van der Waals surface area contributed by atoms with Gasteiger partial charge in [-0.25, -0.2) is 0 Å². The molecule has 2 unspecified atom stereocenters. The molecule has 2 aliphatic rings.